The molecule has 5 heteroatoms. The van der Waals surface area contributed by atoms with Crippen LogP contribution in [0, 0.1) is 0 Å². The number of benzene rings is 1. The molecule has 0 aromatic heterocycles. The molecule has 0 amide bonds. The van der Waals surface area contributed by atoms with Crippen LogP contribution in [0.3, 0.4) is 0 Å². The van der Waals surface area contributed by atoms with Gasteiger partial charge in [0.2, 0.25) is 0 Å². The summed E-state index contributed by atoms with van der Waals surface area (Å²) in [6.07, 6.45) is -0.0150. The Morgan fingerprint density at radius 2 is 2.38 bits per heavy atom. The SMILES string of the molecule is CN=C(N)NCC(C)Oc1cccc(Cl)c1. The van der Waals surface area contributed by atoms with Gasteiger partial charge < -0.3 is 15.8 Å². The number of rotatable bonds is 4. The van der Waals surface area contributed by atoms with Gasteiger partial charge in [-0.25, -0.2) is 0 Å². The van der Waals surface area contributed by atoms with Crippen molar-refractivity contribution in [3.05, 3.63) is 29.3 Å². The molecule has 0 saturated heterocycles. The van der Waals surface area contributed by atoms with Crippen LogP contribution in [-0.2, 0) is 0 Å². The fraction of sp³-hybridized carbons (Fsp3) is 0.364. The first-order valence-electron chi connectivity index (χ1n) is 5.00. The zero-order valence-corrected chi connectivity index (χ0v) is 10.2. The van der Waals surface area contributed by atoms with Gasteiger partial charge in [-0.1, -0.05) is 17.7 Å². The Morgan fingerprint density at radius 3 is 3.00 bits per heavy atom. The van der Waals surface area contributed by atoms with Gasteiger partial charge in [-0.3, -0.25) is 4.99 Å². The molecule has 0 aliphatic heterocycles. The minimum Gasteiger partial charge on any atom is -0.489 e. The lowest BCUT2D eigenvalue weighted by molar-refractivity contribution is 0.224. The molecular weight excluding hydrogens is 226 g/mol. The highest BCUT2D eigenvalue weighted by Gasteiger charge is 2.04. The normalized spacial score (nSPS) is 13.3. The number of hydrogen-bond acceptors (Lipinski definition) is 2. The van der Waals surface area contributed by atoms with Crippen molar-refractivity contribution in [3.63, 3.8) is 0 Å². The van der Waals surface area contributed by atoms with Crippen LogP contribution in [0.25, 0.3) is 0 Å². The monoisotopic (exact) mass is 241 g/mol. The number of nitrogens with one attached hydrogen (secondary N) is 1. The summed E-state index contributed by atoms with van der Waals surface area (Å²) in [5, 5.41) is 3.60. The Hall–Kier alpha value is -1.42. The molecule has 1 atom stereocenters. The largest absolute Gasteiger partial charge is 0.489 e. The number of nitrogens with zero attached hydrogens (tertiary/aromatic N) is 1. The molecule has 3 N–H and O–H groups in total. The first-order chi connectivity index (χ1) is 7.61. The van der Waals surface area contributed by atoms with Crippen LogP contribution in [-0.4, -0.2) is 25.7 Å². The Kier molecular flexibility index (Phi) is 4.92. The second-order valence-electron chi connectivity index (χ2n) is 3.38. The van der Waals surface area contributed by atoms with E-state index in [-0.39, 0.29) is 6.10 Å². The molecule has 1 aromatic carbocycles. The molecule has 0 spiro atoms. The van der Waals surface area contributed by atoms with Crippen LogP contribution in [0.4, 0.5) is 0 Å². The van der Waals surface area contributed by atoms with Crippen molar-refractivity contribution in [1.29, 1.82) is 0 Å². The highest BCUT2D eigenvalue weighted by Crippen LogP contribution is 2.17. The van der Waals surface area contributed by atoms with E-state index in [2.05, 4.69) is 10.3 Å². The summed E-state index contributed by atoms with van der Waals surface area (Å²) in [5.41, 5.74) is 5.50. The third kappa shape index (κ3) is 4.40. The number of guanidine groups is 1. The topological polar surface area (TPSA) is 59.6 Å². The minimum atomic E-state index is -0.0150. The molecule has 0 aliphatic carbocycles. The maximum absolute atomic E-state index is 5.84. The third-order valence-corrected chi connectivity index (χ3v) is 2.18. The Labute approximate surface area is 100 Å². The highest BCUT2D eigenvalue weighted by atomic mass is 35.5. The van der Waals surface area contributed by atoms with Crippen molar-refractivity contribution in [1.82, 2.24) is 5.32 Å². The molecule has 0 fully saturated rings. The van der Waals surface area contributed by atoms with Gasteiger partial charge in [-0.05, 0) is 25.1 Å². The smallest absolute Gasteiger partial charge is 0.188 e. The summed E-state index contributed by atoms with van der Waals surface area (Å²) in [4.78, 5) is 3.79. The molecule has 1 unspecified atom stereocenters. The van der Waals surface area contributed by atoms with Gasteiger partial charge in [0.05, 0.1) is 6.54 Å². The molecule has 4 nitrogen and oxygen atoms in total. The van der Waals surface area contributed by atoms with E-state index < -0.39 is 0 Å². The number of ether oxygens (including phenoxy) is 1. The molecular formula is C11H16ClN3O. The Balaban J connectivity index is 2.42. The van der Waals surface area contributed by atoms with Crippen molar-refractivity contribution in [2.75, 3.05) is 13.6 Å². The second kappa shape index (κ2) is 6.23. The van der Waals surface area contributed by atoms with Gasteiger partial charge in [0.15, 0.2) is 5.96 Å². The van der Waals surface area contributed by atoms with Crippen LogP contribution in [0.2, 0.25) is 5.02 Å². The number of hydrogen-bond donors (Lipinski definition) is 2. The average Bonchev–Trinajstić information content (AvgIpc) is 2.26. The summed E-state index contributed by atoms with van der Waals surface area (Å²) in [5.74, 6) is 1.15. The van der Waals surface area contributed by atoms with E-state index in [4.69, 9.17) is 22.1 Å². The lowest BCUT2D eigenvalue weighted by Crippen LogP contribution is -2.38. The third-order valence-electron chi connectivity index (χ3n) is 1.94. The molecule has 1 aromatic rings. The van der Waals surface area contributed by atoms with Crippen molar-refractivity contribution >= 4 is 17.6 Å². The summed E-state index contributed by atoms with van der Waals surface area (Å²) in [6, 6.07) is 7.29. The second-order valence-corrected chi connectivity index (χ2v) is 3.81. The molecule has 88 valence electrons. The van der Waals surface area contributed by atoms with Gasteiger partial charge >= 0.3 is 0 Å². The van der Waals surface area contributed by atoms with E-state index in [0.29, 0.717) is 17.5 Å². The maximum Gasteiger partial charge on any atom is 0.188 e. The first kappa shape index (κ1) is 12.6. The predicted molar refractivity (Wildman–Crippen MR) is 67.1 cm³/mol. The molecule has 0 heterocycles. The Morgan fingerprint density at radius 1 is 1.62 bits per heavy atom. The van der Waals surface area contributed by atoms with Crippen LogP contribution >= 0.6 is 11.6 Å². The van der Waals surface area contributed by atoms with Gasteiger partial charge in [0.1, 0.15) is 11.9 Å². The van der Waals surface area contributed by atoms with Crippen LogP contribution in [0.1, 0.15) is 6.92 Å². The van der Waals surface area contributed by atoms with Crippen molar-refractivity contribution in [2.45, 2.75) is 13.0 Å². The van der Waals surface area contributed by atoms with E-state index in [1.54, 1.807) is 19.2 Å². The van der Waals surface area contributed by atoms with Gasteiger partial charge in [0.25, 0.3) is 0 Å². The molecule has 0 aliphatic rings. The standard InChI is InChI=1S/C11H16ClN3O/c1-8(7-15-11(13)14-2)16-10-5-3-4-9(12)6-10/h3-6,8H,7H2,1-2H3,(H3,13,14,15). The molecule has 0 radical (unpaired) electrons. The highest BCUT2D eigenvalue weighted by molar-refractivity contribution is 6.30. The van der Waals surface area contributed by atoms with E-state index in [1.165, 1.54) is 0 Å². The lowest BCUT2D eigenvalue weighted by Gasteiger charge is -2.15. The summed E-state index contributed by atoms with van der Waals surface area (Å²) in [7, 11) is 1.63. The van der Waals surface area contributed by atoms with Crippen molar-refractivity contribution in [3.8, 4) is 5.75 Å². The van der Waals surface area contributed by atoms with Crippen LogP contribution in [0.15, 0.2) is 29.3 Å². The first-order valence-corrected chi connectivity index (χ1v) is 5.38. The van der Waals surface area contributed by atoms with E-state index in [1.807, 2.05) is 19.1 Å². The molecule has 0 bridgehead atoms. The fourth-order valence-electron chi connectivity index (χ4n) is 1.14. The van der Waals surface area contributed by atoms with Gasteiger partial charge in [-0.15, -0.1) is 0 Å². The minimum absolute atomic E-state index is 0.0150. The quantitative estimate of drug-likeness (QED) is 0.622. The van der Waals surface area contributed by atoms with Gasteiger partial charge in [0, 0.05) is 12.1 Å². The van der Waals surface area contributed by atoms with E-state index in [0.717, 1.165) is 5.75 Å². The summed E-state index contributed by atoms with van der Waals surface area (Å²) in [6.45, 7) is 2.53. The van der Waals surface area contributed by atoms with E-state index >= 15 is 0 Å². The fourth-order valence-corrected chi connectivity index (χ4v) is 1.32. The predicted octanol–water partition coefficient (Wildman–Crippen LogP) is 1.64. The van der Waals surface area contributed by atoms with Crippen LogP contribution in [0.5, 0.6) is 5.75 Å². The summed E-state index contributed by atoms with van der Waals surface area (Å²) < 4.78 is 5.63. The molecule has 16 heavy (non-hydrogen) atoms. The zero-order chi connectivity index (χ0) is 12.0. The number of halogens is 1. The Bertz CT molecular complexity index is 368. The lowest BCUT2D eigenvalue weighted by atomic mass is 10.3. The maximum atomic E-state index is 5.84. The van der Waals surface area contributed by atoms with Crippen molar-refractivity contribution < 1.29 is 4.74 Å². The average molecular weight is 242 g/mol. The van der Waals surface area contributed by atoms with E-state index in [9.17, 15) is 0 Å². The molecule has 1 rings (SSSR count). The van der Waals surface area contributed by atoms with Gasteiger partial charge in [-0.2, -0.15) is 0 Å². The number of aliphatic imine (C=N–C) groups is 1. The zero-order valence-electron chi connectivity index (χ0n) is 9.40. The van der Waals surface area contributed by atoms with Crippen LogP contribution < -0.4 is 15.8 Å². The number of nitrogens with two attached hydrogens (primary N) is 1. The molecule has 0 saturated carbocycles. The summed E-state index contributed by atoms with van der Waals surface area (Å²) >= 11 is 5.84. The van der Waals surface area contributed by atoms with Crippen molar-refractivity contribution in [2.24, 2.45) is 10.7 Å².